The van der Waals surface area contributed by atoms with Crippen LogP contribution in [0.1, 0.15) is 35.9 Å². The van der Waals surface area contributed by atoms with E-state index in [0.29, 0.717) is 34.6 Å². The summed E-state index contributed by atoms with van der Waals surface area (Å²) in [6.45, 7) is 4.33. The summed E-state index contributed by atoms with van der Waals surface area (Å²) in [5, 5.41) is 5.13. The molecular formula is C21H21NO5. The van der Waals surface area contributed by atoms with E-state index in [1.807, 2.05) is 24.3 Å². The third-order valence-corrected chi connectivity index (χ3v) is 4.83. The van der Waals surface area contributed by atoms with E-state index >= 15 is 0 Å². The molecule has 0 aliphatic carbocycles. The van der Waals surface area contributed by atoms with Crippen LogP contribution in [0.15, 0.2) is 34.7 Å². The Kier molecular flexibility index (Phi) is 4.58. The first kappa shape index (κ1) is 17.5. The number of benzene rings is 2. The van der Waals surface area contributed by atoms with Crippen LogP contribution >= 0.6 is 0 Å². The summed E-state index contributed by atoms with van der Waals surface area (Å²) < 4.78 is 16.9. The number of amides is 1. The lowest BCUT2D eigenvalue weighted by Crippen LogP contribution is -2.31. The molecule has 0 bridgehead atoms. The van der Waals surface area contributed by atoms with Crippen LogP contribution in [0.3, 0.4) is 0 Å². The van der Waals surface area contributed by atoms with Gasteiger partial charge in [-0.15, -0.1) is 0 Å². The highest BCUT2D eigenvalue weighted by molar-refractivity contribution is 6.16. The standard InChI is InChI=1S/C21H21NO5/c1-12-19(21(24)22-11-14-6-5-9-25-14)17-10-18(27-13(2)23)15-7-3-4-8-16(15)20(17)26-12/h3-4,7-8,10,14H,5-6,9,11H2,1-2H3,(H,22,24)/t14-/m0/s1. The van der Waals surface area contributed by atoms with Crippen LogP contribution in [0, 0.1) is 6.92 Å². The summed E-state index contributed by atoms with van der Waals surface area (Å²) >= 11 is 0. The lowest BCUT2D eigenvalue weighted by Gasteiger charge is -2.11. The van der Waals surface area contributed by atoms with E-state index in [4.69, 9.17) is 13.9 Å². The van der Waals surface area contributed by atoms with E-state index in [0.717, 1.165) is 30.2 Å². The molecule has 1 aliphatic rings. The van der Waals surface area contributed by atoms with E-state index in [1.54, 1.807) is 13.0 Å². The third kappa shape index (κ3) is 3.28. The molecule has 3 aromatic rings. The number of rotatable bonds is 4. The van der Waals surface area contributed by atoms with Crippen molar-refractivity contribution in [2.75, 3.05) is 13.2 Å². The van der Waals surface area contributed by atoms with Crippen LogP contribution in [0.5, 0.6) is 5.75 Å². The average molecular weight is 367 g/mol. The molecule has 2 aromatic carbocycles. The molecule has 0 saturated carbocycles. The molecule has 1 saturated heterocycles. The molecule has 27 heavy (non-hydrogen) atoms. The highest BCUT2D eigenvalue weighted by Gasteiger charge is 2.23. The Morgan fingerprint density at radius 3 is 2.70 bits per heavy atom. The van der Waals surface area contributed by atoms with E-state index in [2.05, 4.69) is 5.32 Å². The molecule has 0 spiro atoms. The lowest BCUT2D eigenvalue weighted by molar-refractivity contribution is -0.131. The first-order valence-corrected chi connectivity index (χ1v) is 9.07. The minimum atomic E-state index is -0.413. The molecule has 1 aliphatic heterocycles. The SMILES string of the molecule is CC(=O)Oc1cc2c(C(=O)NC[C@@H]3CCCO3)c(C)oc2c2ccccc12. The highest BCUT2D eigenvalue weighted by atomic mass is 16.5. The van der Waals surface area contributed by atoms with Crippen LogP contribution < -0.4 is 10.1 Å². The minimum absolute atomic E-state index is 0.0601. The average Bonchev–Trinajstić information content (AvgIpc) is 3.27. The van der Waals surface area contributed by atoms with Gasteiger partial charge in [0.1, 0.15) is 17.1 Å². The Morgan fingerprint density at radius 1 is 1.22 bits per heavy atom. The van der Waals surface area contributed by atoms with Gasteiger partial charge in [-0.1, -0.05) is 24.3 Å². The number of fused-ring (bicyclic) bond motifs is 3. The van der Waals surface area contributed by atoms with Gasteiger partial charge in [0, 0.05) is 36.2 Å². The predicted molar refractivity (Wildman–Crippen MR) is 101 cm³/mol. The van der Waals surface area contributed by atoms with Crippen LogP contribution in [-0.2, 0) is 9.53 Å². The Hall–Kier alpha value is -2.86. The van der Waals surface area contributed by atoms with Gasteiger partial charge in [-0.3, -0.25) is 9.59 Å². The molecule has 1 fully saturated rings. The van der Waals surface area contributed by atoms with Crippen molar-refractivity contribution in [2.24, 2.45) is 0 Å². The number of hydrogen-bond donors (Lipinski definition) is 1. The smallest absolute Gasteiger partial charge is 0.308 e. The van der Waals surface area contributed by atoms with Crippen molar-refractivity contribution in [1.29, 1.82) is 0 Å². The Balaban J connectivity index is 1.78. The monoisotopic (exact) mass is 367 g/mol. The van der Waals surface area contributed by atoms with Gasteiger partial charge >= 0.3 is 5.97 Å². The van der Waals surface area contributed by atoms with Gasteiger partial charge in [-0.2, -0.15) is 0 Å². The van der Waals surface area contributed by atoms with Crippen LogP contribution in [0.4, 0.5) is 0 Å². The molecule has 6 nitrogen and oxygen atoms in total. The lowest BCUT2D eigenvalue weighted by atomic mass is 10.0. The van der Waals surface area contributed by atoms with E-state index in [-0.39, 0.29) is 12.0 Å². The number of hydrogen-bond acceptors (Lipinski definition) is 5. The zero-order valence-corrected chi connectivity index (χ0v) is 15.3. The number of esters is 1. The number of ether oxygens (including phenoxy) is 2. The number of aryl methyl sites for hydroxylation is 1. The fraction of sp³-hybridized carbons (Fsp3) is 0.333. The van der Waals surface area contributed by atoms with E-state index < -0.39 is 5.97 Å². The molecule has 140 valence electrons. The topological polar surface area (TPSA) is 77.8 Å². The molecule has 4 rings (SSSR count). The third-order valence-electron chi connectivity index (χ3n) is 4.83. The fourth-order valence-corrected chi connectivity index (χ4v) is 3.63. The number of nitrogens with one attached hydrogen (secondary N) is 1. The van der Waals surface area contributed by atoms with Crippen molar-refractivity contribution < 1.29 is 23.5 Å². The zero-order valence-electron chi connectivity index (χ0n) is 15.3. The molecule has 1 aromatic heterocycles. The number of furan rings is 1. The number of carbonyl (C=O) groups is 2. The van der Waals surface area contributed by atoms with Crippen molar-refractivity contribution in [1.82, 2.24) is 5.32 Å². The van der Waals surface area contributed by atoms with Crippen molar-refractivity contribution in [3.8, 4) is 5.75 Å². The highest BCUT2D eigenvalue weighted by Crippen LogP contribution is 2.37. The van der Waals surface area contributed by atoms with Gasteiger partial charge in [0.2, 0.25) is 0 Å². The van der Waals surface area contributed by atoms with Crippen molar-refractivity contribution in [3.63, 3.8) is 0 Å². The summed E-state index contributed by atoms with van der Waals surface area (Å²) in [6, 6.07) is 9.21. The molecule has 2 heterocycles. The summed E-state index contributed by atoms with van der Waals surface area (Å²) in [5.74, 6) is 0.314. The summed E-state index contributed by atoms with van der Waals surface area (Å²) in [7, 11) is 0. The van der Waals surface area contributed by atoms with Gasteiger partial charge in [0.05, 0.1) is 11.7 Å². The number of carbonyl (C=O) groups excluding carboxylic acids is 2. The zero-order chi connectivity index (χ0) is 19.0. The van der Waals surface area contributed by atoms with E-state index in [1.165, 1.54) is 6.92 Å². The first-order valence-electron chi connectivity index (χ1n) is 9.07. The maximum Gasteiger partial charge on any atom is 0.308 e. The molecule has 0 unspecified atom stereocenters. The van der Waals surface area contributed by atoms with Crippen LogP contribution in [0.2, 0.25) is 0 Å². The van der Waals surface area contributed by atoms with Gasteiger partial charge in [0.25, 0.3) is 5.91 Å². The Labute approximate surface area is 156 Å². The van der Waals surface area contributed by atoms with E-state index in [9.17, 15) is 9.59 Å². The second kappa shape index (κ2) is 7.04. The van der Waals surface area contributed by atoms with Crippen LogP contribution in [-0.4, -0.2) is 31.1 Å². The molecule has 0 radical (unpaired) electrons. The Morgan fingerprint density at radius 2 is 2.00 bits per heavy atom. The van der Waals surface area contributed by atoms with Gasteiger partial charge < -0.3 is 19.2 Å². The van der Waals surface area contributed by atoms with Gasteiger partial charge in [-0.05, 0) is 25.8 Å². The van der Waals surface area contributed by atoms with Crippen molar-refractivity contribution in [3.05, 3.63) is 41.7 Å². The Bertz CT molecular complexity index is 1030. The molecule has 1 atom stereocenters. The maximum atomic E-state index is 12.8. The first-order chi connectivity index (χ1) is 13.0. The second-order valence-corrected chi connectivity index (χ2v) is 6.77. The normalized spacial score (nSPS) is 16.7. The minimum Gasteiger partial charge on any atom is -0.460 e. The fourth-order valence-electron chi connectivity index (χ4n) is 3.63. The van der Waals surface area contributed by atoms with Crippen molar-refractivity contribution in [2.45, 2.75) is 32.8 Å². The molecule has 6 heteroatoms. The van der Waals surface area contributed by atoms with Gasteiger partial charge in [0.15, 0.2) is 0 Å². The predicted octanol–water partition coefficient (Wildman–Crippen LogP) is 3.73. The maximum absolute atomic E-state index is 12.8. The van der Waals surface area contributed by atoms with Gasteiger partial charge in [-0.25, -0.2) is 0 Å². The summed E-state index contributed by atoms with van der Waals surface area (Å²) in [6.07, 6.45) is 2.03. The summed E-state index contributed by atoms with van der Waals surface area (Å²) in [5.41, 5.74) is 1.07. The molecule has 1 amide bonds. The second-order valence-electron chi connectivity index (χ2n) is 6.77. The van der Waals surface area contributed by atoms with Crippen LogP contribution in [0.25, 0.3) is 21.7 Å². The van der Waals surface area contributed by atoms with Crippen molar-refractivity contribution >= 4 is 33.6 Å². The largest absolute Gasteiger partial charge is 0.460 e. The molecule has 1 N–H and O–H groups in total. The quantitative estimate of drug-likeness (QED) is 0.562. The molecular weight excluding hydrogens is 346 g/mol. The summed E-state index contributed by atoms with van der Waals surface area (Å²) in [4.78, 5) is 24.4.